The molecule has 0 spiro atoms. The van der Waals surface area contributed by atoms with Crippen LogP contribution in [0.5, 0.6) is 0 Å². The van der Waals surface area contributed by atoms with Crippen LogP contribution in [-0.4, -0.2) is 61.2 Å². The third-order valence-corrected chi connectivity index (χ3v) is 8.17. The average Bonchev–Trinajstić information content (AvgIpc) is 2.87. The second-order valence-corrected chi connectivity index (χ2v) is 11.2. The topological polar surface area (TPSA) is 93.7 Å². The smallest absolute Gasteiger partial charge is 0.317 e. The molecule has 36 heavy (non-hydrogen) atoms. The van der Waals surface area contributed by atoms with Gasteiger partial charge < -0.3 is 26.0 Å². The second kappa shape index (κ2) is 14.2. The molecule has 1 aliphatic heterocycles. The zero-order valence-electron chi connectivity index (χ0n) is 22.0. The number of urea groups is 1. The fourth-order valence-corrected chi connectivity index (χ4v) is 6.24. The average molecular weight is 521 g/mol. The predicted octanol–water partition coefficient (Wildman–Crippen LogP) is 4.42. The molecule has 1 saturated heterocycles. The van der Waals surface area contributed by atoms with Gasteiger partial charge in [0.2, 0.25) is 5.91 Å². The van der Waals surface area contributed by atoms with Crippen molar-refractivity contribution in [1.29, 1.82) is 0 Å². The molecule has 8 heteroatoms. The standard InChI is InChI=1S/C28H45ClN4O3/c1-21(34)31-15-8-14-28(36,23-11-6-13-25(29)18-23)24-12-7-16-33(20-24)27(35)32-26(19-30-2)17-22-9-4-3-5-10-22/h6,11,13,18,22,24,26,30,36H,3-5,7-10,12,14-17,19-20H2,1-2H3,(H,31,34)(H,32,35)/t24-,26?,28-/m1/s1. The molecular formula is C28H45ClN4O3. The summed E-state index contributed by atoms with van der Waals surface area (Å²) in [4.78, 5) is 26.6. The maximum absolute atomic E-state index is 13.4. The van der Waals surface area contributed by atoms with E-state index in [2.05, 4.69) is 16.0 Å². The van der Waals surface area contributed by atoms with Crippen molar-refractivity contribution in [3.8, 4) is 0 Å². The van der Waals surface area contributed by atoms with E-state index in [0.29, 0.717) is 43.4 Å². The maximum Gasteiger partial charge on any atom is 0.317 e. The lowest BCUT2D eigenvalue weighted by Gasteiger charge is -2.43. The first-order valence-corrected chi connectivity index (χ1v) is 14.1. The van der Waals surface area contributed by atoms with Crippen molar-refractivity contribution < 1.29 is 14.7 Å². The molecule has 1 aromatic carbocycles. The summed E-state index contributed by atoms with van der Waals surface area (Å²) >= 11 is 6.29. The Morgan fingerprint density at radius 2 is 1.97 bits per heavy atom. The molecule has 1 unspecified atom stereocenters. The van der Waals surface area contributed by atoms with E-state index >= 15 is 0 Å². The largest absolute Gasteiger partial charge is 0.385 e. The zero-order chi connectivity index (χ0) is 26.0. The van der Waals surface area contributed by atoms with Gasteiger partial charge in [0, 0.05) is 50.1 Å². The lowest BCUT2D eigenvalue weighted by atomic mass is 9.74. The minimum Gasteiger partial charge on any atom is -0.385 e. The number of rotatable bonds is 11. The van der Waals surface area contributed by atoms with E-state index in [9.17, 15) is 14.7 Å². The third-order valence-electron chi connectivity index (χ3n) is 7.94. The Kier molecular flexibility index (Phi) is 11.3. The molecule has 0 radical (unpaired) electrons. The number of carbonyl (C=O) groups excluding carboxylic acids is 2. The Labute approximate surface area is 221 Å². The van der Waals surface area contributed by atoms with Crippen molar-refractivity contribution in [3.05, 3.63) is 34.9 Å². The molecule has 2 aliphatic rings. The van der Waals surface area contributed by atoms with Gasteiger partial charge in [-0.1, -0.05) is 55.8 Å². The fourth-order valence-electron chi connectivity index (χ4n) is 6.05. The van der Waals surface area contributed by atoms with Crippen molar-refractivity contribution in [3.63, 3.8) is 0 Å². The summed E-state index contributed by atoms with van der Waals surface area (Å²) in [6.07, 6.45) is 10.2. The Morgan fingerprint density at radius 1 is 1.19 bits per heavy atom. The minimum atomic E-state index is -1.13. The number of halogens is 1. The van der Waals surface area contributed by atoms with Gasteiger partial charge in [-0.3, -0.25) is 4.79 Å². The quantitative estimate of drug-likeness (QED) is 0.325. The number of benzene rings is 1. The van der Waals surface area contributed by atoms with Crippen molar-refractivity contribution in [2.24, 2.45) is 11.8 Å². The molecule has 3 rings (SSSR count). The molecular weight excluding hydrogens is 476 g/mol. The van der Waals surface area contributed by atoms with Crippen molar-refractivity contribution in [1.82, 2.24) is 20.9 Å². The number of hydrogen-bond acceptors (Lipinski definition) is 4. The van der Waals surface area contributed by atoms with Gasteiger partial charge in [-0.25, -0.2) is 4.79 Å². The summed E-state index contributed by atoms with van der Waals surface area (Å²) in [6.45, 7) is 3.94. The SMILES string of the molecule is CNCC(CC1CCCCC1)NC(=O)N1CCC[C@@H]([C@@](O)(CCCNC(C)=O)c2cccc(Cl)c2)C1. The van der Waals surface area contributed by atoms with E-state index in [1.54, 1.807) is 6.07 Å². The Morgan fingerprint density at radius 3 is 2.67 bits per heavy atom. The Balaban J connectivity index is 1.68. The van der Waals surface area contributed by atoms with Gasteiger partial charge in [0.1, 0.15) is 0 Å². The highest BCUT2D eigenvalue weighted by molar-refractivity contribution is 6.30. The van der Waals surface area contributed by atoms with Crippen molar-refractivity contribution in [2.75, 3.05) is 33.2 Å². The summed E-state index contributed by atoms with van der Waals surface area (Å²) in [5.41, 5.74) is -0.357. The zero-order valence-corrected chi connectivity index (χ0v) is 22.8. The van der Waals surface area contributed by atoms with E-state index in [1.165, 1.54) is 39.0 Å². The number of likely N-dealkylation sites (tertiary alicyclic amines) is 1. The number of piperidine rings is 1. The molecule has 1 aromatic rings. The number of amides is 3. The van der Waals surface area contributed by atoms with Crippen LogP contribution in [0.25, 0.3) is 0 Å². The van der Waals surface area contributed by atoms with Crippen LogP contribution in [0.15, 0.2) is 24.3 Å². The van der Waals surface area contributed by atoms with Gasteiger partial charge in [-0.05, 0) is 62.8 Å². The predicted molar refractivity (Wildman–Crippen MR) is 145 cm³/mol. The first kappa shape index (κ1) is 28.7. The molecule has 0 bridgehead atoms. The lowest BCUT2D eigenvalue weighted by Crippen LogP contribution is -2.54. The van der Waals surface area contributed by atoms with E-state index in [1.807, 2.05) is 30.1 Å². The minimum absolute atomic E-state index is 0.0394. The number of nitrogens with zero attached hydrogens (tertiary/aromatic N) is 1. The first-order chi connectivity index (χ1) is 17.3. The van der Waals surface area contributed by atoms with E-state index in [-0.39, 0.29) is 23.9 Å². The maximum atomic E-state index is 13.4. The first-order valence-electron chi connectivity index (χ1n) is 13.7. The lowest BCUT2D eigenvalue weighted by molar-refractivity contribution is -0.119. The van der Waals surface area contributed by atoms with Gasteiger partial charge in [-0.15, -0.1) is 0 Å². The molecule has 2 fully saturated rings. The molecule has 7 nitrogen and oxygen atoms in total. The van der Waals surface area contributed by atoms with Gasteiger partial charge in [0.25, 0.3) is 0 Å². The van der Waals surface area contributed by atoms with Crippen LogP contribution in [0.3, 0.4) is 0 Å². The molecule has 1 heterocycles. The van der Waals surface area contributed by atoms with Crippen LogP contribution in [0, 0.1) is 11.8 Å². The summed E-state index contributed by atoms with van der Waals surface area (Å²) < 4.78 is 0. The monoisotopic (exact) mass is 520 g/mol. The van der Waals surface area contributed by atoms with Gasteiger partial charge >= 0.3 is 6.03 Å². The van der Waals surface area contributed by atoms with E-state index in [4.69, 9.17) is 11.6 Å². The van der Waals surface area contributed by atoms with Crippen molar-refractivity contribution >= 4 is 23.5 Å². The van der Waals surface area contributed by atoms with E-state index in [0.717, 1.165) is 31.4 Å². The van der Waals surface area contributed by atoms with Crippen LogP contribution in [0.2, 0.25) is 5.02 Å². The number of carbonyl (C=O) groups is 2. The van der Waals surface area contributed by atoms with Gasteiger partial charge in [0.15, 0.2) is 0 Å². The van der Waals surface area contributed by atoms with Crippen molar-refractivity contribution in [2.45, 2.75) is 82.8 Å². The number of aliphatic hydroxyl groups is 1. The van der Waals surface area contributed by atoms with E-state index < -0.39 is 5.60 Å². The highest BCUT2D eigenvalue weighted by Gasteiger charge is 2.41. The summed E-state index contributed by atoms with van der Waals surface area (Å²) in [7, 11) is 1.93. The summed E-state index contributed by atoms with van der Waals surface area (Å²) in [6, 6.07) is 7.47. The molecule has 0 aromatic heterocycles. The second-order valence-electron chi connectivity index (χ2n) is 10.8. The van der Waals surface area contributed by atoms with Gasteiger partial charge in [0.05, 0.1) is 5.60 Å². The molecule has 1 aliphatic carbocycles. The van der Waals surface area contributed by atoms with Crippen LogP contribution in [-0.2, 0) is 10.4 Å². The van der Waals surface area contributed by atoms with Crippen LogP contribution in [0.4, 0.5) is 4.79 Å². The fraction of sp³-hybridized carbons (Fsp3) is 0.714. The molecule has 202 valence electrons. The highest BCUT2D eigenvalue weighted by Crippen LogP contribution is 2.40. The number of hydrogen-bond donors (Lipinski definition) is 4. The Bertz CT molecular complexity index is 848. The van der Waals surface area contributed by atoms with Crippen LogP contribution >= 0.6 is 11.6 Å². The summed E-state index contributed by atoms with van der Waals surface area (Å²) in [5.74, 6) is 0.489. The summed E-state index contributed by atoms with van der Waals surface area (Å²) in [5, 5.41) is 22.0. The molecule has 3 atom stereocenters. The third kappa shape index (κ3) is 8.35. The van der Waals surface area contributed by atoms with Gasteiger partial charge in [-0.2, -0.15) is 0 Å². The number of nitrogens with one attached hydrogen (secondary N) is 3. The highest BCUT2D eigenvalue weighted by atomic mass is 35.5. The molecule has 1 saturated carbocycles. The Hall–Kier alpha value is -1.83. The van der Waals surface area contributed by atoms with Crippen LogP contribution < -0.4 is 16.0 Å². The molecule has 3 amide bonds. The number of likely N-dealkylation sites (N-methyl/N-ethyl adjacent to an activating group) is 1. The normalized spacial score (nSPS) is 21.4. The molecule has 4 N–H and O–H groups in total. The van der Waals surface area contributed by atoms with Crippen LogP contribution in [0.1, 0.15) is 76.7 Å².